The minimum Gasteiger partial charge on any atom is -0.309 e. The molecule has 0 amide bonds. The molecule has 0 radical (unpaired) electrons. The van der Waals surface area contributed by atoms with Crippen LogP contribution in [-0.2, 0) is 0 Å². The Morgan fingerprint density at radius 2 is 0.379 bits per heavy atom. The van der Waals surface area contributed by atoms with Crippen molar-refractivity contribution in [2.45, 2.75) is 0 Å². The number of hydrogen-bond acceptors (Lipinski definition) is 0. The zero-order chi connectivity index (χ0) is 44.5. The van der Waals surface area contributed by atoms with Crippen LogP contribution in [0.1, 0.15) is 0 Å². The molecule has 2 aromatic heterocycles. The molecule has 2 heterocycles. The first kappa shape index (κ1) is 39.1. The van der Waals surface area contributed by atoms with Crippen LogP contribution in [0, 0.1) is 23.3 Å². The fraction of sp³-hybridized carbons (Fsp3) is 0. The summed E-state index contributed by atoms with van der Waals surface area (Å²) in [6.45, 7) is 0. The Morgan fingerprint density at radius 1 is 0.197 bits per heavy atom. The molecule has 0 unspecified atom stereocenters. The van der Waals surface area contributed by atoms with Gasteiger partial charge in [-0.05, 0) is 177 Å². The summed E-state index contributed by atoms with van der Waals surface area (Å²) < 4.78 is 60.1. The van der Waals surface area contributed by atoms with Crippen molar-refractivity contribution in [1.29, 1.82) is 0 Å². The molecule has 314 valence electrons. The van der Waals surface area contributed by atoms with Crippen LogP contribution in [0.15, 0.2) is 218 Å². The van der Waals surface area contributed by atoms with Crippen LogP contribution < -0.4 is 0 Å². The number of nitrogens with zero attached hydrogens (tertiary/aromatic N) is 2. The molecule has 0 bridgehead atoms. The molecule has 0 spiro atoms. The molecule has 0 fully saturated rings. The lowest BCUT2D eigenvalue weighted by molar-refractivity contribution is 0.627. The molecule has 0 atom stereocenters. The SMILES string of the molecule is Fc1ccc(-c2ccc3c(c2)c2cc(-c4ccc(F)cc4)ccc2n3-c2ccc(-c3ccc(-n4c5ccc(-c6ccc(F)cc6)cc5c5cc(-c6ccc(F)cc6)ccc54)cc3)cc2)cc1. The number of benzene rings is 10. The monoisotopic (exact) mass is 860 g/mol. The highest BCUT2D eigenvalue weighted by Gasteiger charge is 2.18. The van der Waals surface area contributed by atoms with Crippen LogP contribution in [0.4, 0.5) is 17.6 Å². The lowest BCUT2D eigenvalue weighted by Gasteiger charge is -2.12. The average Bonchev–Trinajstić information content (AvgIpc) is 3.86. The van der Waals surface area contributed by atoms with Crippen molar-refractivity contribution in [3.8, 4) is 67.0 Å². The second-order valence-corrected chi connectivity index (χ2v) is 16.7. The van der Waals surface area contributed by atoms with Gasteiger partial charge in [0.15, 0.2) is 0 Å². The third-order valence-electron chi connectivity index (χ3n) is 12.8. The van der Waals surface area contributed by atoms with Crippen LogP contribution in [0.2, 0.25) is 0 Å². The quantitative estimate of drug-likeness (QED) is 0.141. The standard InChI is InChI=1S/C60H36F4N2/c61-47-17-1-39(2-18-47)43-13-29-57-53(33-43)54-34-44(40-3-19-48(62)20-4-40)14-30-58(54)65(57)51-25-9-37(10-26-51)38-11-27-52(28-12-38)66-59-31-15-45(41-5-21-49(63)22-6-41)35-55(59)56-36-46(16-32-60(56)66)42-7-23-50(64)24-8-42/h1-36H. The molecule has 6 heteroatoms. The Balaban J connectivity index is 0.923. The molecule has 0 saturated carbocycles. The van der Waals surface area contributed by atoms with Gasteiger partial charge in [0.05, 0.1) is 22.1 Å². The molecular weight excluding hydrogens is 825 g/mol. The van der Waals surface area contributed by atoms with E-state index in [0.717, 1.165) is 111 Å². The van der Waals surface area contributed by atoms with Crippen molar-refractivity contribution >= 4 is 43.6 Å². The van der Waals surface area contributed by atoms with Crippen molar-refractivity contribution in [3.05, 3.63) is 242 Å². The summed E-state index contributed by atoms with van der Waals surface area (Å²) in [5, 5.41) is 4.22. The summed E-state index contributed by atoms with van der Waals surface area (Å²) in [7, 11) is 0. The van der Waals surface area contributed by atoms with Gasteiger partial charge >= 0.3 is 0 Å². The van der Waals surface area contributed by atoms with E-state index in [-0.39, 0.29) is 23.3 Å². The summed E-state index contributed by atoms with van der Waals surface area (Å²) in [5.74, 6) is -1.11. The van der Waals surface area contributed by atoms with Gasteiger partial charge in [-0.1, -0.05) is 97.1 Å². The second-order valence-electron chi connectivity index (χ2n) is 16.7. The van der Waals surface area contributed by atoms with Crippen molar-refractivity contribution in [2.24, 2.45) is 0 Å². The molecule has 0 saturated heterocycles. The van der Waals surface area contributed by atoms with Gasteiger partial charge in [-0.2, -0.15) is 0 Å². The van der Waals surface area contributed by atoms with E-state index in [4.69, 9.17) is 0 Å². The van der Waals surface area contributed by atoms with E-state index in [0.29, 0.717) is 0 Å². The van der Waals surface area contributed by atoms with Crippen LogP contribution >= 0.6 is 0 Å². The molecule has 10 aromatic carbocycles. The molecule has 0 aliphatic carbocycles. The van der Waals surface area contributed by atoms with Crippen molar-refractivity contribution < 1.29 is 17.6 Å². The average molecular weight is 861 g/mol. The van der Waals surface area contributed by atoms with Gasteiger partial charge < -0.3 is 9.13 Å². The fourth-order valence-corrected chi connectivity index (χ4v) is 9.50. The lowest BCUT2D eigenvalue weighted by atomic mass is 10.0. The molecule has 12 aromatic rings. The topological polar surface area (TPSA) is 9.86 Å². The van der Waals surface area contributed by atoms with E-state index >= 15 is 0 Å². The third-order valence-corrected chi connectivity index (χ3v) is 12.8. The van der Waals surface area contributed by atoms with Gasteiger partial charge in [-0.15, -0.1) is 0 Å². The van der Waals surface area contributed by atoms with E-state index < -0.39 is 0 Å². The number of fused-ring (bicyclic) bond motifs is 6. The third kappa shape index (κ3) is 6.82. The molecule has 2 nitrogen and oxygen atoms in total. The molecular formula is C60H36F4N2. The summed E-state index contributed by atoms with van der Waals surface area (Å²) in [6, 6.07) is 68.9. The summed E-state index contributed by atoms with van der Waals surface area (Å²) >= 11 is 0. The first-order valence-electron chi connectivity index (χ1n) is 21.7. The van der Waals surface area contributed by atoms with Crippen LogP contribution in [0.25, 0.3) is 111 Å². The van der Waals surface area contributed by atoms with E-state index in [9.17, 15) is 17.6 Å². The van der Waals surface area contributed by atoms with Crippen molar-refractivity contribution in [2.75, 3.05) is 0 Å². The fourth-order valence-electron chi connectivity index (χ4n) is 9.50. The second kappa shape index (κ2) is 15.6. The Bertz CT molecular complexity index is 3330. The zero-order valence-corrected chi connectivity index (χ0v) is 35.2. The number of halogens is 4. The minimum atomic E-state index is -0.277. The maximum atomic E-state index is 13.9. The van der Waals surface area contributed by atoms with Gasteiger partial charge in [0.1, 0.15) is 23.3 Å². The lowest BCUT2D eigenvalue weighted by Crippen LogP contribution is -1.95. The molecule has 66 heavy (non-hydrogen) atoms. The Hall–Kier alpha value is -8.48. The van der Waals surface area contributed by atoms with E-state index in [1.54, 1.807) is 48.5 Å². The predicted molar refractivity (Wildman–Crippen MR) is 262 cm³/mol. The maximum absolute atomic E-state index is 13.9. The van der Waals surface area contributed by atoms with E-state index in [1.165, 1.54) is 48.5 Å². The number of hydrogen-bond donors (Lipinski definition) is 0. The van der Waals surface area contributed by atoms with Crippen molar-refractivity contribution in [1.82, 2.24) is 9.13 Å². The first-order chi connectivity index (χ1) is 32.3. The number of rotatable bonds is 7. The highest BCUT2D eigenvalue weighted by atomic mass is 19.1. The van der Waals surface area contributed by atoms with Crippen LogP contribution in [-0.4, -0.2) is 9.13 Å². The number of aromatic nitrogens is 2. The smallest absolute Gasteiger partial charge is 0.123 e. The normalized spacial score (nSPS) is 11.6. The molecule has 0 aliphatic rings. The Kier molecular flexibility index (Phi) is 9.28. The highest BCUT2D eigenvalue weighted by Crippen LogP contribution is 2.40. The zero-order valence-electron chi connectivity index (χ0n) is 35.2. The largest absolute Gasteiger partial charge is 0.309 e. The molecule has 12 rings (SSSR count). The van der Waals surface area contributed by atoms with Gasteiger partial charge in [-0.3, -0.25) is 0 Å². The van der Waals surface area contributed by atoms with Gasteiger partial charge in [0, 0.05) is 32.9 Å². The minimum absolute atomic E-state index is 0.277. The summed E-state index contributed by atoms with van der Waals surface area (Å²) in [5.41, 5.74) is 15.9. The van der Waals surface area contributed by atoms with Gasteiger partial charge in [0.25, 0.3) is 0 Å². The highest BCUT2D eigenvalue weighted by molar-refractivity contribution is 6.13. The summed E-state index contributed by atoms with van der Waals surface area (Å²) in [4.78, 5) is 0. The van der Waals surface area contributed by atoms with E-state index in [1.807, 2.05) is 0 Å². The molecule has 0 N–H and O–H groups in total. The Labute approximate surface area is 377 Å². The first-order valence-corrected chi connectivity index (χ1v) is 21.7. The van der Waals surface area contributed by atoms with E-state index in [2.05, 4.69) is 130 Å². The van der Waals surface area contributed by atoms with Gasteiger partial charge in [0.2, 0.25) is 0 Å². The van der Waals surface area contributed by atoms with Crippen molar-refractivity contribution in [3.63, 3.8) is 0 Å². The predicted octanol–water partition coefficient (Wildman–Crippen LogP) is 16.8. The Morgan fingerprint density at radius 3 is 0.606 bits per heavy atom. The van der Waals surface area contributed by atoms with Gasteiger partial charge in [-0.25, -0.2) is 17.6 Å². The van der Waals surface area contributed by atoms with Crippen LogP contribution in [0.5, 0.6) is 0 Å². The maximum Gasteiger partial charge on any atom is 0.123 e. The molecule has 0 aliphatic heterocycles. The van der Waals surface area contributed by atoms with Crippen LogP contribution in [0.3, 0.4) is 0 Å². The summed E-state index contributed by atoms with van der Waals surface area (Å²) in [6.07, 6.45) is 0.